The molecule has 0 saturated carbocycles. The van der Waals surface area contributed by atoms with Crippen molar-refractivity contribution < 1.29 is 14.0 Å². The number of rotatable bonds is 9. The largest absolute Gasteiger partial charge is 0.354 e. The second kappa shape index (κ2) is 9.92. The van der Waals surface area contributed by atoms with Crippen LogP contribution in [-0.2, 0) is 16.0 Å². The van der Waals surface area contributed by atoms with E-state index < -0.39 is 0 Å². The maximum Gasteiger partial charge on any atom is 0.239 e. The van der Waals surface area contributed by atoms with Crippen LogP contribution in [0.5, 0.6) is 0 Å². The number of nitrogens with one attached hydrogen (secondary N) is 1. The first-order valence-electron chi connectivity index (χ1n) is 7.79. The van der Waals surface area contributed by atoms with Crippen molar-refractivity contribution in [2.45, 2.75) is 39.5 Å². The number of carbonyl (C=O) groups excluding carboxylic acids is 2. The lowest BCUT2D eigenvalue weighted by molar-refractivity contribution is -0.134. The number of hydrogen-bond donors (Lipinski definition) is 1. The Morgan fingerprint density at radius 3 is 2.45 bits per heavy atom. The molecule has 4 nitrogen and oxygen atoms in total. The maximum atomic E-state index is 12.8. The fourth-order valence-corrected chi connectivity index (χ4v) is 2.13. The standard InChI is InChI=1S/C17H25FN2O2/c1-3-4-5-12-20(14(2)21)13-17(22)19-11-10-15-6-8-16(18)9-7-15/h6-9H,3-5,10-13H2,1-2H3,(H,19,22). The van der Waals surface area contributed by atoms with Gasteiger partial charge in [-0.15, -0.1) is 0 Å². The molecular formula is C17H25FN2O2. The van der Waals surface area contributed by atoms with Gasteiger partial charge in [-0.05, 0) is 30.5 Å². The second-order valence-electron chi connectivity index (χ2n) is 5.37. The van der Waals surface area contributed by atoms with E-state index in [2.05, 4.69) is 12.2 Å². The van der Waals surface area contributed by atoms with Crippen LogP contribution in [0.2, 0.25) is 0 Å². The van der Waals surface area contributed by atoms with Crippen molar-refractivity contribution in [3.05, 3.63) is 35.6 Å². The lowest BCUT2D eigenvalue weighted by Crippen LogP contribution is -2.40. The molecule has 0 aliphatic rings. The Balaban J connectivity index is 2.30. The molecule has 0 atom stereocenters. The fraction of sp³-hybridized carbons (Fsp3) is 0.529. The Kier molecular flexibility index (Phi) is 8.18. The number of nitrogens with zero attached hydrogens (tertiary/aromatic N) is 1. The first-order chi connectivity index (χ1) is 10.5. The second-order valence-corrected chi connectivity index (χ2v) is 5.37. The van der Waals surface area contributed by atoms with Gasteiger partial charge in [0.2, 0.25) is 11.8 Å². The molecule has 0 unspecified atom stereocenters. The van der Waals surface area contributed by atoms with Crippen LogP contribution in [0.3, 0.4) is 0 Å². The van der Waals surface area contributed by atoms with Crippen LogP contribution in [0.1, 0.15) is 38.7 Å². The van der Waals surface area contributed by atoms with E-state index in [4.69, 9.17) is 0 Å². The molecule has 0 fully saturated rings. The molecule has 0 bridgehead atoms. The molecule has 0 saturated heterocycles. The third-order valence-corrected chi connectivity index (χ3v) is 3.46. The summed E-state index contributed by atoms with van der Waals surface area (Å²) in [6.07, 6.45) is 3.69. The molecule has 0 radical (unpaired) electrons. The zero-order chi connectivity index (χ0) is 16.4. The molecule has 1 N–H and O–H groups in total. The number of benzene rings is 1. The molecular weight excluding hydrogens is 283 g/mol. The predicted molar refractivity (Wildman–Crippen MR) is 84.9 cm³/mol. The molecule has 0 aliphatic heterocycles. The quantitative estimate of drug-likeness (QED) is 0.713. The number of halogens is 1. The summed E-state index contributed by atoms with van der Waals surface area (Å²) in [7, 11) is 0. The van der Waals surface area contributed by atoms with Crippen molar-refractivity contribution in [1.29, 1.82) is 0 Å². The Morgan fingerprint density at radius 2 is 1.86 bits per heavy atom. The molecule has 0 aliphatic carbocycles. The van der Waals surface area contributed by atoms with E-state index in [0.29, 0.717) is 19.5 Å². The van der Waals surface area contributed by atoms with Crippen molar-refractivity contribution in [3.63, 3.8) is 0 Å². The molecule has 122 valence electrons. The Hall–Kier alpha value is -1.91. The average Bonchev–Trinajstić information content (AvgIpc) is 2.48. The summed E-state index contributed by atoms with van der Waals surface area (Å²) < 4.78 is 12.8. The number of hydrogen-bond acceptors (Lipinski definition) is 2. The van der Waals surface area contributed by atoms with Crippen molar-refractivity contribution in [2.24, 2.45) is 0 Å². The topological polar surface area (TPSA) is 49.4 Å². The Morgan fingerprint density at radius 1 is 1.18 bits per heavy atom. The first kappa shape index (κ1) is 18.1. The van der Waals surface area contributed by atoms with Gasteiger partial charge in [0.15, 0.2) is 0 Å². The normalized spacial score (nSPS) is 10.3. The summed E-state index contributed by atoms with van der Waals surface area (Å²) in [5.74, 6) is -0.504. The predicted octanol–water partition coefficient (Wildman–Crippen LogP) is 2.52. The van der Waals surface area contributed by atoms with Crippen LogP contribution >= 0.6 is 0 Å². The molecule has 1 aromatic carbocycles. The third-order valence-electron chi connectivity index (χ3n) is 3.46. The van der Waals surface area contributed by atoms with Crippen LogP contribution in [0.15, 0.2) is 24.3 Å². The van der Waals surface area contributed by atoms with E-state index in [1.807, 2.05) is 0 Å². The summed E-state index contributed by atoms with van der Waals surface area (Å²) in [6, 6.07) is 6.22. The lowest BCUT2D eigenvalue weighted by atomic mass is 10.1. The van der Waals surface area contributed by atoms with E-state index in [0.717, 1.165) is 24.8 Å². The van der Waals surface area contributed by atoms with Crippen molar-refractivity contribution >= 4 is 11.8 Å². The minimum Gasteiger partial charge on any atom is -0.354 e. The zero-order valence-electron chi connectivity index (χ0n) is 13.4. The van der Waals surface area contributed by atoms with Gasteiger partial charge in [0.05, 0.1) is 6.54 Å². The minimum atomic E-state index is -0.267. The molecule has 0 aromatic heterocycles. The van der Waals surface area contributed by atoms with Crippen LogP contribution in [0, 0.1) is 5.82 Å². The van der Waals surface area contributed by atoms with Gasteiger partial charge in [-0.1, -0.05) is 31.9 Å². The van der Waals surface area contributed by atoms with Crippen LogP contribution < -0.4 is 5.32 Å². The van der Waals surface area contributed by atoms with E-state index in [-0.39, 0.29) is 24.2 Å². The van der Waals surface area contributed by atoms with Crippen molar-refractivity contribution in [3.8, 4) is 0 Å². The molecule has 0 heterocycles. The monoisotopic (exact) mass is 308 g/mol. The number of unbranched alkanes of at least 4 members (excludes halogenated alkanes) is 2. The zero-order valence-corrected chi connectivity index (χ0v) is 13.4. The summed E-state index contributed by atoms with van der Waals surface area (Å²) in [5, 5.41) is 2.79. The maximum absolute atomic E-state index is 12.8. The van der Waals surface area contributed by atoms with Gasteiger partial charge in [-0.2, -0.15) is 0 Å². The molecule has 5 heteroatoms. The van der Waals surface area contributed by atoms with Crippen LogP contribution in [0.25, 0.3) is 0 Å². The minimum absolute atomic E-state index is 0.0789. The Bertz CT molecular complexity index is 474. The summed E-state index contributed by atoms with van der Waals surface area (Å²) in [5.41, 5.74) is 0.966. The van der Waals surface area contributed by atoms with Crippen molar-refractivity contribution in [2.75, 3.05) is 19.6 Å². The first-order valence-corrected chi connectivity index (χ1v) is 7.79. The molecule has 0 spiro atoms. The van der Waals surface area contributed by atoms with Crippen LogP contribution in [0.4, 0.5) is 4.39 Å². The highest BCUT2D eigenvalue weighted by atomic mass is 19.1. The highest BCUT2D eigenvalue weighted by molar-refractivity contribution is 5.83. The van der Waals surface area contributed by atoms with E-state index in [1.165, 1.54) is 19.1 Å². The number of carbonyl (C=O) groups is 2. The fourth-order valence-electron chi connectivity index (χ4n) is 2.13. The van der Waals surface area contributed by atoms with Crippen LogP contribution in [-0.4, -0.2) is 36.3 Å². The van der Waals surface area contributed by atoms with Gasteiger partial charge in [0.1, 0.15) is 5.82 Å². The van der Waals surface area contributed by atoms with Gasteiger partial charge in [0.25, 0.3) is 0 Å². The highest BCUT2D eigenvalue weighted by Crippen LogP contribution is 2.03. The average molecular weight is 308 g/mol. The van der Waals surface area contributed by atoms with Crippen molar-refractivity contribution in [1.82, 2.24) is 10.2 Å². The van der Waals surface area contributed by atoms with E-state index in [1.54, 1.807) is 17.0 Å². The van der Waals surface area contributed by atoms with Gasteiger partial charge in [0, 0.05) is 20.0 Å². The van der Waals surface area contributed by atoms with Gasteiger partial charge in [-0.25, -0.2) is 4.39 Å². The summed E-state index contributed by atoms with van der Waals surface area (Å²) >= 11 is 0. The third kappa shape index (κ3) is 7.20. The summed E-state index contributed by atoms with van der Waals surface area (Å²) in [4.78, 5) is 25.0. The molecule has 22 heavy (non-hydrogen) atoms. The lowest BCUT2D eigenvalue weighted by Gasteiger charge is -2.20. The smallest absolute Gasteiger partial charge is 0.239 e. The van der Waals surface area contributed by atoms with E-state index in [9.17, 15) is 14.0 Å². The highest BCUT2D eigenvalue weighted by Gasteiger charge is 2.12. The van der Waals surface area contributed by atoms with Gasteiger partial charge >= 0.3 is 0 Å². The van der Waals surface area contributed by atoms with E-state index >= 15 is 0 Å². The molecule has 1 aromatic rings. The van der Waals surface area contributed by atoms with Gasteiger partial charge in [-0.3, -0.25) is 9.59 Å². The SMILES string of the molecule is CCCCCN(CC(=O)NCCc1ccc(F)cc1)C(C)=O. The van der Waals surface area contributed by atoms with Gasteiger partial charge < -0.3 is 10.2 Å². The molecule has 1 rings (SSSR count). The Labute approximate surface area is 131 Å². The number of amides is 2. The molecule has 2 amide bonds. The summed E-state index contributed by atoms with van der Waals surface area (Å²) in [6.45, 7) is 4.78.